The molecule has 0 spiro atoms. The first kappa shape index (κ1) is 17.5. The number of fused-ring (bicyclic) bond motifs is 1. The molecule has 0 fully saturated rings. The Morgan fingerprint density at radius 2 is 1.91 bits per heavy atom. The summed E-state index contributed by atoms with van der Waals surface area (Å²) >= 11 is 0. The van der Waals surface area contributed by atoms with Gasteiger partial charge in [0.25, 0.3) is 0 Å². The number of aryl methyl sites for hydroxylation is 2. The third kappa shape index (κ3) is 4.57. The van der Waals surface area contributed by atoms with Gasteiger partial charge < -0.3 is 9.64 Å². The number of ether oxygens (including phenoxy) is 1. The minimum absolute atomic E-state index is 0.0685. The highest BCUT2D eigenvalue weighted by Crippen LogP contribution is 2.22. The topological polar surface area (TPSA) is 46.6 Å². The molecule has 0 N–H and O–H groups in total. The third-order valence-electron chi connectivity index (χ3n) is 4.60. The van der Waals surface area contributed by atoms with E-state index in [0.717, 1.165) is 18.4 Å². The highest BCUT2D eigenvalue weighted by atomic mass is 16.5. The Morgan fingerprint density at radius 1 is 1.22 bits per heavy atom. The van der Waals surface area contributed by atoms with Crippen LogP contribution in [0.4, 0.5) is 0 Å². The maximum absolute atomic E-state index is 12.5. The minimum atomic E-state index is -0.299. The molecule has 0 radical (unpaired) electrons. The van der Waals surface area contributed by atoms with Crippen molar-refractivity contribution in [2.24, 2.45) is 5.92 Å². The second kappa shape index (κ2) is 8.14. The van der Waals surface area contributed by atoms with Crippen molar-refractivity contribution in [2.75, 3.05) is 20.2 Å². The first-order chi connectivity index (χ1) is 11.0. The molecule has 1 atom stereocenters. The smallest absolute Gasteiger partial charge is 0.310 e. The zero-order valence-electron chi connectivity index (χ0n) is 14.4. The van der Waals surface area contributed by atoms with E-state index >= 15 is 0 Å². The Hall–Kier alpha value is -1.84. The molecule has 126 valence electrons. The summed E-state index contributed by atoms with van der Waals surface area (Å²) in [6, 6.07) is 6.42. The number of amides is 1. The lowest BCUT2D eigenvalue weighted by Gasteiger charge is -2.24. The van der Waals surface area contributed by atoms with Crippen LogP contribution < -0.4 is 0 Å². The Morgan fingerprint density at radius 3 is 2.57 bits per heavy atom. The maximum Gasteiger partial charge on any atom is 0.310 e. The fourth-order valence-electron chi connectivity index (χ4n) is 3.20. The van der Waals surface area contributed by atoms with Gasteiger partial charge in [-0.1, -0.05) is 25.1 Å². The SMILES string of the molecule is CCN(CC(C)C(=O)OC)C(=O)Cc1ccc2c(c1)CCCC2. The van der Waals surface area contributed by atoms with E-state index in [4.69, 9.17) is 4.74 Å². The summed E-state index contributed by atoms with van der Waals surface area (Å²) in [7, 11) is 1.38. The molecule has 0 bridgehead atoms. The van der Waals surface area contributed by atoms with E-state index in [9.17, 15) is 9.59 Å². The van der Waals surface area contributed by atoms with Crippen LogP contribution in [-0.4, -0.2) is 37.0 Å². The summed E-state index contributed by atoms with van der Waals surface area (Å²) < 4.78 is 4.74. The van der Waals surface area contributed by atoms with Crippen molar-refractivity contribution in [1.29, 1.82) is 0 Å². The number of carbonyl (C=O) groups excluding carboxylic acids is 2. The summed E-state index contributed by atoms with van der Waals surface area (Å²) in [6.45, 7) is 4.74. The normalized spacial score (nSPS) is 14.7. The highest BCUT2D eigenvalue weighted by Gasteiger charge is 2.21. The number of benzene rings is 1. The van der Waals surface area contributed by atoms with Crippen LogP contribution in [0, 0.1) is 5.92 Å². The van der Waals surface area contributed by atoms with E-state index in [0.29, 0.717) is 19.5 Å². The number of carbonyl (C=O) groups is 2. The molecule has 1 aromatic rings. The zero-order chi connectivity index (χ0) is 16.8. The van der Waals surface area contributed by atoms with Crippen LogP contribution in [0.25, 0.3) is 0 Å². The van der Waals surface area contributed by atoms with Crippen LogP contribution in [-0.2, 0) is 33.6 Å². The molecule has 1 aliphatic rings. The molecular formula is C19H27NO3. The van der Waals surface area contributed by atoms with Crippen molar-refractivity contribution in [3.63, 3.8) is 0 Å². The molecule has 0 saturated heterocycles. The Bertz CT molecular complexity index is 568. The van der Waals surface area contributed by atoms with Crippen molar-refractivity contribution in [2.45, 2.75) is 46.0 Å². The Labute approximate surface area is 138 Å². The molecule has 1 amide bonds. The molecule has 2 rings (SSSR count). The Kier molecular flexibility index (Phi) is 6.20. The van der Waals surface area contributed by atoms with Gasteiger partial charge in [0.2, 0.25) is 5.91 Å². The number of nitrogens with zero attached hydrogens (tertiary/aromatic N) is 1. The number of likely N-dealkylation sites (N-methyl/N-ethyl adjacent to an activating group) is 1. The van der Waals surface area contributed by atoms with Crippen LogP contribution in [0.2, 0.25) is 0 Å². The molecule has 1 aliphatic carbocycles. The lowest BCUT2D eigenvalue weighted by Crippen LogP contribution is -2.38. The van der Waals surface area contributed by atoms with Gasteiger partial charge >= 0.3 is 5.97 Å². The molecule has 1 aromatic carbocycles. The van der Waals surface area contributed by atoms with Gasteiger partial charge in [-0.05, 0) is 49.3 Å². The van der Waals surface area contributed by atoms with Gasteiger partial charge in [-0.25, -0.2) is 0 Å². The van der Waals surface area contributed by atoms with Crippen LogP contribution in [0.15, 0.2) is 18.2 Å². The second-order valence-electron chi connectivity index (χ2n) is 6.34. The molecule has 1 unspecified atom stereocenters. The van der Waals surface area contributed by atoms with Crippen molar-refractivity contribution in [3.05, 3.63) is 34.9 Å². The number of rotatable bonds is 6. The summed E-state index contributed by atoms with van der Waals surface area (Å²) in [5.74, 6) is -0.503. The first-order valence-electron chi connectivity index (χ1n) is 8.51. The number of hydrogen-bond acceptors (Lipinski definition) is 3. The predicted octanol–water partition coefficient (Wildman–Crippen LogP) is 2.77. The summed E-state index contributed by atoms with van der Waals surface area (Å²) in [5.41, 5.74) is 3.89. The average molecular weight is 317 g/mol. The summed E-state index contributed by atoms with van der Waals surface area (Å²) in [6.07, 6.45) is 5.17. The van der Waals surface area contributed by atoms with Crippen molar-refractivity contribution < 1.29 is 14.3 Å². The first-order valence-corrected chi connectivity index (χ1v) is 8.51. The monoisotopic (exact) mass is 317 g/mol. The molecule has 0 saturated carbocycles. The molecule has 4 heteroatoms. The largest absolute Gasteiger partial charge is 0.469 e. The lowest BCUT2D eigenvalue weighted by atomic mass is 9.90. The van der Waals surface area contributed by atoms with E-state index < -0.39 is 0 Å². The standard InChI is InChI=1S/C19H27NO3/c1-4-20(13-14(2)19(22)23-3)18(21)12-15-9-10-16-7-5-6-8-17(16)11-15/h9-11,14H,4-8,12-13H2,1-3H3. The average Bonchev–Trinajstić information content (AvgIpc) is 2.58. The minimum Gasteiger partial charge on any atom is -0.469 e. The molecule has 0 aliphatic heterocycles. The van der Waals surface area contributed by atoms with Gasteiger partial charge in [-0.3, -0.25) is 9.59 Å². The van der Waals surface area contributed by atoms with Gasteiger partial charge in [0.1, 0.15) is 0 Å². The predicted molar refractivity (Wildman–Crippen MR) is 90.2 cm³/mol. The van der Waals surface area contributed by atoms with Crippen molar-refractivity contribution in [3.8, 4) is 0 Å². The summed E-state index contributed by atoms with van der Waals surface area (Å²) in [5, 5.41) is 0. The van der Waals surface area contributed by atoms with E-state index in [1.165, 1.54) is 31.1 Å². The van der Waals surface area contributed by atoms with Crippen molar-refractivity contribution >= 4 is 11.9 Å². The fourth-order valence-corrected chi connectivity index (χ4v) is 3.20. The fraction of sp³-hybridized carbons (Fsp3) is 0.579. The van der Waals surface area contributed by atoms with Crippen LogP contribution >= 0.6 is 0 Å². The molecule has 0 heterocycles. The third-order valence-corrected chi connectivity index (χ3v) is 4.60. The van der Waals surface area contributed by atoms with Gasteiger partial charge in [-0.15, -0.1) is 0 Å². The Balaban J connectivity index is 2.00. The lowest BCUT2D eigenvalue weighted by molar-refractivity contribution is -0.146. The van der Waals surface area contributed by atoms with Crippen LogP contribution in [0.1, 0.15) is 43.4 Å². The van der Waals surface area contributed by atoms with Gasteiger partial charge in [0.15, 0.2) is 0 Å². The molecule has 23 heavy (non-hydrogen) atoms. The van der Waals surface area contributed by atoms with Gasteiger partial charge in [0, 0.05) is 13.1 Å². The van der Waals surface area contributed by atoms with E-state index in [1.54, 1.807) is 11.8 Å². The second-order valence-corrected chi connectivity index (χ2v) is 6.34. The van der Waals surface area contributed by atoms with Gasteiger partial charge in [0.05, 0.1) is 19.4 Å². The van der Waals surface area contributed by atoms with Crippen LogP contribution in [0.3, 0.4) is 0 Å². The summed E-state index contributed by atoms with van der Waals surface area (Å²) in [4.78, 5) is 25.8. The quantitative estimate of drug-likeness (QED) is 0.758. The number of methoxy groups -OCH3 is 1. The zero-order valence-corrected chi connectivity index (χ0v) is 14.4. The highest BCUT2D eigenvalue weighted by molar-refractivity contribution is 5.80. The molecular weight excluding hydrogens is 290 g/mol. The van der Waals surface area contributed by atoms with Crippen LogP contribution in [0.5, 0.6) is 0 Å². The van der Waals surface area contributed by atoms with E-state index in [1.807, 2.05) is 6.92 Å². The van der Waals surface area contributed by atoms with E-state index in [2.05, 4.69) is 18.2 Å². The number of hydrogen-bond donors (Lipinski definition) is 0. The van der Waals surface area contributed by atoms with Gasteiger partial charge in [-0.2, -0.15) is 0 Å². The van der Waals surface area contributed by atoms with Crippen molar-refractivity contribution in [1.82, 2.24) is 4.90 Å². The number of esters is 1. The van der Waals surface area contributed by atoms with E-state index in [-0.39, 0.29) is 17.8 Å². The maximum atomic E-state index is 12.5. The molecule has 4 nitrogen and oxygen atoms in total. The molecule has 0 aromatic heterocycles.